The van der Waals surface area contributed by atoms with Gasteiger partial charge >= 0.3 is 0 Å². The molecule has 0 saturated heterocycles. The van der Waals surface area contributed by atoms with Crippen molar-refractivity contribution in [2.45, 2.75) is 13.8 Å². The van der Waals surface area contributed by atoms with Gasteiger partial charge in [-0.2, -0.15) is 0 Å². The number of aryl methyl sites for hydroxylation is 1. The molecule has 1 aromatic rings. The molecular weight excluding hydrogens is 230 g/mol. The third kappa shape index (κ3) is 3.46. The zero-order valence-electron chi connectivity index (χ0n) is 10.5. The van der Waals surface area contributed by atoms with Crippen LogP contribution in [0.25, 0.3) is 4.91 Å². The van der Waals surface area contributed by atoms with Gasteiger partial charge in [0.15, 0.2) is 5.49 Å². The summed E-state index contributed by atoms with van der Waals surface area (Å²) in [5.74, 6) is 0. The second-order valence-corrected chi connectivity index (χ2v) is 4.50. The smallest absolute Gasteiger partial charge is 0.159 e. The van der Waals surface area contributed by atoms with Gasteiger partial charge in [-0.15, -0.1) is 0 Å². The van der Waals surface area contributed by atoms with Gasteiger partial charge < -0.3 is 4.57 Å². The SMILES string of the molecule is C=CS/C(=C\C)c1nccn(C)c1=NC(=C)C. The van der Waals surface area contributed by atoms with Crippen molar-refractivity contribution in [1.82, 2.24) is 9.55 Å². The topological polar surface area (TPSA) is 30.2 Å². The molecule has 0 atom stereocenters. The van der Waals surface area contributed by atoms with Crippen molar-refractivity contribution in [3.8, 4) is 0 Å². The summed E-state index contributed by atoms with van der Waals surface area (Å²) in [7, 11) is 1.94. The predicted octanol–water partition coefficient (Wildman–Crippen LogP) is 3.09. The fourth-order valence-corrected chi connectivity index (χ4v) is 1.91. The van der Waals surface area contributed by atoms with Gasteiger partial charge in [-0.3, -0.25) is 4.98 Å². The van der Waals surface area contributed by atoms with Crippen molar-refractivity contribution in [1.29, 1.82) is 0 Å². The van der Waals surface area contributed by atoms with Crippen molar-refractivity contribution >= 4 is 16.7 Å². The van der Waals surface area contributed by atoms with Crippen molar-refractivity contribution < 1.29 is 0 Å². The van der Waals surface area contributed by atoms with Crippen molar-refractivity contribution in [3.05, 3.63) is 53.9 Å². The van der Waals surface area contributed by atoms with Crippen molar-refractivity contribution in [2.24, 2.45) is 12.0 Å². The Bertz CT molecular complexity index is 524. The number of rotatable bonds is 4. The summed E-state index contributed by atoms with van der Waals surface area (Å²) in [4.78, 5) is 9.86. The molecule has 0 saturated carbocycles. The number of nitrogens with zero attached hydrogens (tertiary/aromatic N) is 3. The number of allylic oxidation sites excluding steroid dienone is 2. The zero-order valence-corrected chi connectivity index (χ0v) is 11.3. The lowest BCUT2D eigenvalue weighted by Gasteiger charge is -2.07. The van der Waals surface area contributed by atoms with Gasteiger partial charge in [0, 0.05) is 30.0 Å². The molecule has 0 spiro atoms. The summed E-state index contributed by atoms with van der Waals surface area (Å²) in [5.41, 5.74) is 2.42. The Kier molecular flexibility index (Phi) is 4.97. The normalized spacial score (nSPS) is 12.6. The molecule has 1 rings (SSSR count). The van der Waals surface area contributed by atoms with E-state index in [0.717, 1.165) is 21.8 Å². The highest BCUT2D eigenvalue weighted by atomic mass is 32.2. The van der Waals surface area contributed by atoms with Crippen LogP contribution >= 0.6 is 11.8 Å². The average Bonchev–Trinajstić information content (AvgIpc) is 2.28. The van der Waals surface area contributed by atoms with Gasteiger partial charge in [0.1, 0.15) is 5.69 Å². The maximum absolute atomic E-state index is 4.43. The fraction of sp³-hybridized carbons (Fsp3) is 0.231. The first-order chi connectivity index (χ1) is 8.10. The van der Waals surface area contributed by atoms with Crippen LogP contribution in [-0.4, -0.2) is 9.55 Å². The average molecular weight is 247 g/mol. The maximum Gasteiger partial charge on any atom is 0.159 e. The molecule has 1 aromatic heterocycles. The van der Waals surface area contributed by atoms with Crippen LogP contribution < -0.4 is 5.49 Å². The molecule has 17 heavy (non-hydrogen) atoms. The van der Waals surface area contributed by atoms with E-state index in [1.54, 1.807) is 11.6 Å². The van der Waals surface area contributed by atoms with Crippen molar-refractivity contribution in [2.75, 3.05) is 0 Å². The fourth-order valence-electron chi connectivity index (χ4n) is 1.34. The third-order valence-electron chi connectivity index (χ3n) is 2.04. The summed E-state index contributed by atoms with van der Waals surface area (Å²) in [5, 5.41) is 1.79. The van der Waals surface area contributed by atoms with E-state index in [1.807, 2.05) is 37.7 Å². The molecule has 3 nitrogen and oxygen atoms in total. The van der Waals surface area contributed by atoms with Crippen LogP contribution in [0.15, 0.2) is 47.7 Å². The van der Waals surface area contributed by atoms with E-state index in [1.165, 1.54) is 11.8 Å². The second kappa shape index (κ2) is 6.25. The van der Waals surface area contributed by atoms with Gasteiger partial charge in [0.2, 0.25) is 0 Å². The summed E-state index contributed by atoms with van der Waals surface area (Å²) in [6.07, 6.45) is 5.64. The van der Waals surface area contributed by atoms with E-state index in [0.29, 0.717) is 0 Å². The summed E-state index contributed by atoms with van der Waals surface area (Å²) >= 11 is 1.54. The Morgan fingerprint density at radius 1 is 1.59 bits per heavy atom. The first-order valence-electron chi connectivity index (χ1n) is 5.26. The van der Waals surface area contributed by atoms with Crippen LogP contribution in [0.5, 0.6) is 0 Å². The molecule has 4 heteroatoms. The minimum absolute atomic E-state index is 0.758. The Morgan fingerprint density at radius 3 is 2.82 bits per heavy atom. The van der Waals surface area contributed by atoms with Gasteiger partial charge in [0.05, 0.1) is 0 Å². The van der Waals surface area contributed by atoms with Crippen LogP contribution in [0.2, 0.25) is 0 Å². The molecule has 0 bridgehead atoms. The minimum atomic E-state index is 0.758. The third-order valence-corrected chi connectivity index (χ3v) is 2.89. The van der Waals surface area contributed by atoms with Crippen LogP contribution in [0.3, 0.4) is 0 Å². The van der Waals surface area contributed by atoms with Gasteiger partial charge in [-0.05, 0) is 19.3 Å². The first-order valence-corrected chi connectivity index (χ1v) is 6.14. The zero-order chi connectivity index (χ0) is 12.8. The van der Waals surface area contributed by atoms with E-state index in [-0.39, 0.29) is 0 Å². The Morgan fingerprint density at radius 2 is 2.29 bits per heavy atom. The Labute approximate surface area is 106 Å². The maximum atomic E-state index is 4.43. The van der Waals surface area contributed by atoms with E-state index in [9.17, 15) is 0 Å². The second-order valence-electron chi connectivity index (χ2n) is 3.49. The summed E-state index contributed by atoms with van der Waals surface area (Å²) in [6.45, 7) is 11.4. The highest BCUT2D eigenvalue weighted by molar-refractivity contribution is 8.10. The standard InChI is InChI=1S/C13H17N3S/c1-6-11(17-7-2)12-13(15-10(3)4)16(5)9-8-14-12/h6-9H,2-3H2,1,4-5H3/b11-6-,15-13?. The molecule has 1 heterocycles. The van der Waals surface area contributed by atoms with Gasteiger partial charge in [-0.25, -0.2) is 4.99 Å². The van der Waals surface area contributed by atoms with Crippen LogP contribution in [0.4, 0.5) is 0 Å². The van der Waals surface area contributed by atoms with Crippen LogP contribution in [0.1, 0.15) is 19.5 Å². The monoisotopic (exact) mass is 247 g/mol. The van der Waals surface area contributed by atoms with Crippen molar-refractivity contribution in [3.63, 3.8) is 0 Å². The number of hydrogen-bond donors (Lipinski definition) is 0. The molecule has 0 amide bonds. The van der Waals surface area contributed by atoms with Gasteiger partial charge in [-0.1, -0.05) is 31.0 Å². The molecule has 0 aliphatic heterocycles. The number of hydrogen-bond acceptors (Lipinski definition) is 3. The molecule has 0 fully saturated rings. The molecule has 0 aliphatic carbocycles. The molecular formula is C13H17N3S. The highest BCUT2D eigenvalue weighted by Crippen LogP contribution is 2.23. The quantitative estimate of drug-likeness (QED) is 0.818. The lowest BCUT2D eigenvalue weighted by atomic mass is 10.3. The molecule has 90 valence electrons. The van der Waals surface area contributed by atoms with Gasteiger partial charge in [0.25, 0.3) is 0 Å². The number of thioether (sulfide) groups is 1. The molecule has 0 aliphatic rings. The van der Waals surface area contributed by atoms with E-state index >= 15 is 0 Å². The van der Waals surface area contributed by atoms with Crippen LogP contribution in [-0.2, 0) is 7.05 Å². The Hall–Kier alpha value is -1.55. The lowest BCUT2D eigenvalue weighted by molar-refractivity contribution is 0.803. The Balaban J connectivity index is 3.48. The highest BCUT2D eigenvalue weighted by Gasteiger charge is 2.06. The molecule has 0 N–H and O–H groups in total. The molecule has 0 radical (unpaired) electrons. The largest absolute Gasteiger partial charge is 0.333 e. The summed E-state index contributed by atoms with van der Waals surface area (Å²) < 4.78 is 1.93. The predicted molar refractivity (Wildman–Crippen MR) is 75.0 cm³/mol. The van der Waals surface area contributed by atoms with E-state index < -0.39 is 0 Å². The molecule has 0 aromatic carbocycles. The van der Waals surface area contributed by atoms with Crippen LogP contribution in [0, 0.1) is 0 Å². The first kappa shape index (κ1) is 13.5. The van der Waals surface area contributed by atoms with E-state index in [4.69, 9.17) is 0 Å². The molecule has 0 unspecified atom stereocenters. The minimum Gasteiger partial charge on any atom is -0.333 e. The lowest BCUT2D eigenvalue weighted by Crippen LogP contribution is -2.23. The number of aromatic nitrogens is 2. The summed E-state index contributed by atoms with van der Waals surface area (Å²) in [6, 6.07) is 0. The van der Waals surface area contributed by atoms with E-state index in [2.05, 4.69) is 23.1 Å².